The molecule has 0 aliphatic carbocycles. The summed E-state index contributed by atoms with van der Waals surface area (Å²) in [4.78, 5) is 4.44. The number of benzene rings is 2. The molecule has 1 heterocycles. The maximum absolute atomic E-state index is 5.99. The molecular formula is C19H20Cl2N4. The first-order valence-corrected chi connectivity index (χ1v) is 8.97. The van der Waals surface area contributed by atoms with Gasteiger partial charge in [-0.15, -0.1) is 0 Å². The normalized spacial score (nSPS) is 10.8. The number of anilines is 2. The van der Waals surface area contributed by atoms with E-state index < -0.39 is 0 Å². The highest BCUT2D eigenvalue weighted by Crippen LogP contribution is 2.24. The van der Waals surface area contributed by atoms with Gasteiger partial charge in [-0.05, 0) is 30.3 Å². The van der Waals surface area contributed by atoms with E-state index in [0.29, 0.717) is 10.0 Å². The van der Waals surface area contributed by atoms with Crippen LogP contribution < -0.4 is 16.0 Å². The van der Waals surface area contributed by atoms with Gasteiger partial charge in [-0.2, -0.15) is 0 Å². The average Bonchev–Trinajstić information content (AvgIpc) is 2.64. The summed E-state index contributed by atoms with van der Waals surface area (Å²) in [5, 5.41) is 12.4. The van der Waals surface area contributed by atoms with Crippen molar-refractivity contribution in [3.05, 3.63) is 64.8 Å². The molecule has 0 aliphatic heterocycles. The number of nitrogens with zero attached hydrogens (tertiary/aromatic N) is 1. The number of hydrogen-bond donors (Lipinski definition) is 3. The third kappa shape index (κ3) is 4.98. The highest BCUT2D eigenvalue weighted by Gasteiger charge is 2.01. The van der Waals surface area contributed by atoms with Crippen LogP contribution in [0.3, 0.4) is 0 Å². The number of fused-ring (bicyclic) bond motifs is 1. The molecule has 0 radical (unpaired) electrons. The number of para-hydroxylation sites is 1. The Kier molecular flexibility index (Phi) is 6.34. The van der Waals surface area contributed by atoms with Crippen molar-refractivity contribution in [3.63, 3.8) is 0 Å². The van der Waals surface area contributed by atoms with Crippen molar-refractivity contribution >= 4 is 45.5 Å². The number of nitrogens with one attached hydrogen (secondary N) is 3. The maximum Gasteiger partial charge on any atom is 0.0933 e. The van der Waals surface area contributed by atoms with Gasteiger partial charge < -0.3 is 16.0 Å². The van der Waals surface area contributed by atoms with Gasteiger partial charge in [0.05, 0.1) is 21.2 Å². The molecule has 3 rings (SSSR count). The van der Waals surface area contributed by atoms with Crippen LogP contribution in [-0.2, 0) is 0 Å². The number of rotatable bonds is 8. The van der Waals surface area contributed by atoms with Crippen LogP contribution >= 0.6 is 23.2 Å². The standard InChI is InChI=1S/C19H20Cl2N4/c20-16-7-6-15(13-17(16)21)23-11-9-22-10-12-24-18-5-1-3-14-4-2-8-25-19(14)18/h1-8,13,22-24H,9-12H2. The van der Waals surface area contributed by atoms with Crippen molar-refractivity contribution < 1.29 is 0 Å². The van der Waals surface area contributed by atoms with E-state index in [1.807, 2.05) is 30.5 Å². The molecule has 1 aromatic heterocycles. The van der Waals surface area contributed by atoms with E-state index >= 15 is 0 Å². The van der Waals surface area contributed by atoms with Crippen LogP contribution in [0, 0.1) is 0 Å². The van der Waals surface area contributed by atoms with Crippen LogP contribution in [0.4, 0.5) is 11.4 Å². The quantitative estimate of drug-likeness (QED) is 0.502. The second-order valence-electron chi connectivity index (χ2n) is 5.61. The topological polar surface area (TPSA) is 49.0 Å². The van der Waals surface area contributed by atoms with Gasteiger partial charge in [0.25, 0.3) is 0 Å². The lowest BCUT2D eigenvalue weighted by Gasteiger charge is -2.11. The van der Waals surface area contributed by atoms with E-state index in [1.54, 1.807) is 6.07 Å². The first-order chi connectivity index (χ1) is 12.2. The Hall–Kier alpha value is -2.01. The van der Waals surface area contributed by atoms with Crippen molar-refractivity contribution in [2.45, 2.75) is 0 Å². The van der Waals surface area contributed by atoms with Crippen molar-refractivity contribution in [2.75, 3.05) is 36.8 Å². The van der Waals surface area contributed by atoms with Crippen molar-refractivity contribution in [2.24, 2.45) is 0 Å². The van der Waals surface area contributed by atoms with Gasteiger partial charge in [0.15, 0.2) is 0 Å². The molecule has 0 bridgehead atoms. The molecule has 3 aromatic rings. The van der Waals surface area contributed by atoms with Gasteiger partial charge in [0, 0.05) is 43.4 Å². The maximum atomic E-state index is 5.99. The second kappa shape index (κ2) is 8.90. The predicted molar refractivity (Wildman–Crippen MR) is 108 cm³/mol. The summed E-state index contributed by atoms with van der Waals surface area (Å²) in [5.74, 6) is 0. The lowest BCUT2D eigenvalue weighted by atomic mass is 10.2. The molecule has 0 unspecified atom stereocenters. The largest absolute Gasteiger partial charge is 0.384 e. The first kappa shape index (κ1) is 17.8. The smallest absolute Gasteiger partial charge is 0.0933 e. The lowest BCUT2D eigenvalue weighted by Crippen LogP contribution is -2.27. The highest BCUT2D eigenvalue weighted by molar-refractivity contribution is 6.42. The Balaban J connectivity index is 1.37. The first-order valence-electron chi connectivity index (χ1n) is 8.21. The molecule has 2 aromatic carbocycles. The van der Waals surface area contributed by atoms with Gasteiger partial charge in [0.2, 0.25) is 0 Å². The molecule has 3 N–H and O–H groups in total. The van der Waals surface area contributed by atoms with Gasteiger partial charge in [-0.25, -0.2) is 0 Å². The molecule has 0 saturated carbocycles. The van der Waals surface area contributed by atoms with Crippen molar-refractivity contribution in [1.29, 1.82) is 0 Å². The molecule has 0 aliphatic rings. The summed E-state index contributed by atoms with van der Waals surface area (Å²) in [5.41, 5.74) is 3.04. The van der Waals surface area contributed by atoms with E-state index in [-0.39, 0.29) is 0 Å². The zero-order valence-electron chi connectivity index (χ0n) is 13.7. The number of pyridine rings is 1. The molecule has 4 nitrogen and oxygen atoms in total. The Morgan fingerprint density at radius 1 is 0.800 bits per heavy atom. The third-order valence-electron chi connectivity index (χ3n) is 3.80. The summed E-state index contributed by atoms with van der Waals surface area (Å²) in [7, 11) is 0. The zero-order chi connectivity index (χ0) is 17.5. The van der Waals surface area contributed by atoms with E-state index in [2.05, 4.69) is 39.1 Å². The summed E-state index contributed by atoms with van der Waals surface area (Å²) in [6.07, 6.45) is 1.82. The van der Waals surface area contributed by atoms with Crippen LogP contribution in [-0.4, -0.2) is 31.2 Å². The zero-order valence-corrected chi connectivity index (χ0v) is 15.2. The molecule has 130 valence electrons. The monoisotopic (exact) mass is 374 g/mol. The minimum Gasteiger partial charge on any atom is -0.384 e. The van der Waals surface area contributed by atoms with E-state index in [1.165, 1.54) is 0 Å². The van der Waals surface area contributed by atoms with Gasteiger partial charge in [-0.3, -0.25) is 4.98 Å². The van der Waals surface area contributed by atoms with E-state index in [9.17, 15) is 0 Å². The van der Waals surface area contributed by atoms with E-state index in [4.69, 9.17) is 23.2 Å². The summed E-state index contributed by atoms with van der Waals surface area (Å²) >= 11 is 11.9. The van der Waals surface area contributed by atoms with Crippen LogP contribution in [0.5, 0.6) is 0 Å². The van der Waals surface area contributed by atoms with Crippen molar-refractivity contribution in [1.82, 2.24) is 10.3 Å². The fourth-order valence-corrected chi connectivity index (χ4v) is 2.86. The Morgan fingerprint density at radius 3 is 2.44 bits per heavy atom. The van der Waals surface area contributed by atoms with Crippen LogP contribution in [0.1, 0.15) is 0 Å². The number of halogens is 2. The Morgan fingerprint density at radius 2 is 1.60 bits per heavy atom. The van der Waals surface area contributed by atoms with Crippen molar-refractivity contribution in [3.8, 4) is 0 Å². The minimum atomic E-state index is 0.563. The summed E-state index contributed by atoms with van der Waals surface area (Å²) in [6, 6.07) is 15.7. The Bertz CT molecular complexity index is 833. The molecule has 0 spiro atoms. The molecule has 6 heteroatoms. The second-order valence-corrected chi connectivity index (χ2v) is 6.43. The summed E-state index contributed by atoms with van der Waals surface area (Å²) in [6.45, 7) is 3.37. The fraction of sp³-hybridized carbons (Fsp3) is 0.211. The minimum absolute atomic E-state index is 0.563. The van der Waals surface area contributed by atoms with Crippen LogP contribution in [0.25, 0.3) is 10.9 Å². The molecule has 0 fully saturated rings. The van der Waals surface area contributed by atoms with Crippen LogP contribution in [0.2, 0.25) is 10.0 Å². The van der Waals surface area contributed by atoms with Gasteiger partial charge >= 0.3 is 0 Å². The molecule has 0 atom stereocenters. The fourth-order valence-electron chi connectivity index (χ4n) is 2.56. The third-order valence-corrected chi connectivity index (χ3v) is 4.54. The lowest BCUT2D eigenvalue weighted by molar-refractivity contribution is 0.719. The number of hydrogen-bond acceptors (Lipinski definition) is 4. The molecule has 0 saturated heterocycles. The van der Waals surface area contributed by atoms with Crippen LogP contribution in [0.15, 0.2) is 54.7 Å². The van der Waals surface area contributed by atoms with Gasteiger partial charge in [-0.1, -0.05) is 41.4 Å². The number of aromatic nitrogens is 1. The van der Waals surface area contributed by atoms with E-state index in [0.717, 1.165) is 48.5 Å². The molecule has 25 heavy (non-hydrogen) atoms. The SMILES string of the molecule is Clc1ccc(NCCNCCNc2cccc3cccnc23)cc1Cl. The predicted octanol–water partition coefficient (Wildman–Crippen LogP) is 4.66. The highest BCUT2D eigenvalue weighted by atomic mass is 35.5. The molecule has 0 amide bonds. The average molecular weight is 375 g/mol. The Labute approximate surface area is 157 Å². The van der Waals surface area contributed by atoms with Gasteiger partial charge in [0.1, 0.15) is 0 Å². The molecular weight excluding hydrogens is 355 g/mol. The summed E-state index contributed by atoms with van der Waals surface area (Å²) < 4.78 is 0.